The van der Waals surface area contributed by atoms with E-state index in [2.05, 4.69) is 45.9 Å². The molecule has 0 fully saturated rings. The maximum Gasteiger partial charge on any atom is 4.00 e. The standard InChI is InChI=1S/C9H13.C5H5.2ClH.Hf/c1-6-5-7(2)9(4)8(6)3;1-2-4-5-3-1;;;/h6H,1-4H3;1-3H,4H2;2*1H;/q2*-1;;;+4/p-2. The molecule has 3 heteroatoms. The number of hydrogen-bond acceptors (Lipinski definition) is 0. The summed E-state index contributed by atoms with van der Waals surface area (Å²) in [5, 5.41) is 0. The molecule has 17 heavy (non-hydrogen) atoms. The van der Waals surface area contributed by atoms with Crippen molar-refractivity contribution in [2.45, 2.75) is 34.1 Å². The molecule has 0 spiro atoms. The molecule has 92 valence electrons. The first-order valence-electron chi connectivity index (χ1n) is 5.12. The first-order chi connectivity index (χ1) is 6.63. The van der Waals surface area contributed by atoms with E-state index in [0.717, 1.165) is 6.42 Å². The van der Waals surface area contributed by atoms with Crippen molar-refractivity contribution < 1.29 is 50.7 Å². The fourth-order valence-corrected chi connectivity index (χ4v) is 1.50. The van der Waals surface area contributed by atoms with E-state index in [0.29, 0.717) is 5.92 Å². The molecule has 0 radical (unpaired) electrons. The van der Waals surface area contributed by atoms with Crippen LogP contribution in [0.5, 0.6) is 0 Å². The summed E-state index contributed by atoms with van der Waals surface area (Å²) in [6.07, 6.45) is 13.4. The molecular weight excluding hydrogens is 418 g/mol. The van der Waals surface area contributed by atoms with Crippen molar-refractivity contribution in [3.8, 4) is 0 Å². The van der Waals surface area contributed by atoms with Gasteiger partial charge in [0.25, 0.3) is 0 Å². The zero-order valence-corrected chi connectivity index (χ0v) is 15.9. The van der Waals surface area contributed by atoms with Gasteiger partial charge in [-0.25, -0.2) is 17.7 Å². The molecule has 1 unspecified atom stereocenters. The second-order valence-electron chi connectivity index (χ2n) is 3.80. The predicted molar refractivity (Wildman–Crippen MR) is 61.5 cm³/mol. The van der Waals surface area contributed by atoms with Crippen molar-refractivity contribution in [1.82, 2.24) is 0 Å². The Bertz CT molecular complexity index is 315. The second kappa shape index (κ2) is 11.5. The van der Waals surface area contributed by atoms with Crippen LogP contribution in [0.3, 0.4) is 0 Å². The van der Waals surface area contributed by atoms with E-state index in [1.54, 1.807) is 0 Å². The molecule has 0 aliphatic heterocycles. The van der Waals surface area contributed by atoms with Crippen molar-refractivity contribution in [2.75, 3.05) is 0 Å². The van der Waals surface area contributed by atoms with E-state index >= 15 is 0 Å². The Morgan fingerprint density at radius 1 is 1.18 bits per heavy atom. The number of allylic oxidation sites excluding steroid dienone is 8. The molecule has 0 heterocycles. The van der Waals surface area contributed by atoms with Gasteiger partial charge < -0.3 is 24.8 Å². The SMILES string of the molecule is CC1=[C-]C(C)C(C)=C1C.[C-]1=CC=CC1.[Cl-].[Cl-].[Hf+4]. The summed E-state index contributed by atoms with van der Waals surface area (Å²) < 4.78 is 0. The van der Waals surface area contributed by atoms with Gasteiger partial charge in [0.2, 0.25) is 0 Å². The minimum absolute atomic E-state index is 0. The van der Waals surface area contributed by atoms with Crippen LogP contribution in [0.25, 0.3) is 0 Å². The van der Waals surface area contributed by atoms with E-state index in [4.69, 9.17) is 0 Å². The zero-order chi connectivity index (χ0) is 10.6. The van der Waals surface area contributed by atoms with E-state index < -0.39 is 0 Å². The molecule has 0 amide bonds. The van der Waals surface area contributed by atoms with Crippen LogP contribution >= 0.6 is 0 Å². The van der Waals surface area contributed by atoms with Gasteiger partial charge in [0, 0.05) is 0 Å². The van der Waals surface area contributed by atoms with Gasteiger partial charge in [-0.1, -0.05) is 26.7 Å². The van der Waals surface area contributed by atoms with Crippen molar-refractivity contribution in [3.63, 3.8) is 0 Å². The first kappa shape index (κ1) is 22.6. The van der Waals surface area contributed by atoms with Gasteiger partial charge >= 0.3 is 25.8 Å². The Morgan fingerprint density at radius 3 is 1.88 bits per heavy atom. The summed E-state index contributed by atoms with van der Waals surface area (Å²) >= 11 is 0. The van der Waals surface area contributed by atoms with Gasteiger partial charge in [0.15, 0.2) is 0 Å². The van der Waals surface area contributed by atoms with Crippen LogP contribution in [-0.2, 0) is 25.8 Å². The fourth-order valence-electron chi connectivity index (χ4n) is 1.50. The molecule has 0 saturated heterocycles. The monoisotopic (exact) mass is 436 g/mol. The van der Waals surface area contributed by atoms with Crippen LogP contribution in [0, 0.1) is 18.1 Å². The molecule has 0 aromatic carbocycles. The third-order valence-electron chi connectivity index (χ3n) is 2.82. The molecule has 0 saturated carbocycles. The Kier molecular flexibility index (Phi) is 15.3. The van der Waals surface area contributed by atoms with E-state index in [-0.39, 0.29) is 50.7 Å². The molecular formula is C14H18Cl2Hf. The van der Waals surface area contributed by atoms with E-state index in [9.17, 15) is 0 Å². The average Bonchev–Trinajstić information content (AvgIpc) is 2.78. The smallest absolute Gasteiger partial charge is 1.00 e. The zero-order valence-electron chi connectivity index (χ0n) is 10.8. The Morgan fingerprint density at radius 2 is 1.76 bits per heavy atom. The third-order valence-corrected chi connectivity index (χ3v) is 2.82. The van der Waals surface area contributed by atoms with Crippen LogP contribution in [0.15, 0.2) is 34.9 Å². The van der Waals surface area contributed by atoms with Gasteiger partial charge in [0.1, 0.15) is 0 Å². The van der Waals surface area contributed by atoms with Crippen LogP contribution in [0.2, 0.25) is 0 Å². The number of halogens is 2. The largest absolute Gasteiger partial charge is 4.00 e. The molecule has 0 aromatic rings. The quantitative estimate of drug-likeness (QED) is 0.306. The maximum absolute atomic E-state index is 3.36. The molecule has 2 rings (SSSR count). The summed E-state index contributed by atoms with van der Waals surface area (Å²) in [4.78, 5) is 0. The average molecular weight is 436 g/mol. The Balaban J connectivity index is -0.000000216. The summed E-state index contributed by atoms with van der Waals surface area (Å²) in [6.45, 7) is 8.67. The minimum Gasteiger partial charge on any atom is -1.00 e. The van der Waals surface area contributed by atoms with Crippen LogP contribution in [0.4, 0.5) is 0 Å². The van der Waals surface area contributed by atoms with Gasteiger partial charge in [-0.2, -0.15) is 17.2 Å². The van der Waals surface area contributed by atoms with E-state index in [1.165, 1.54) is 16.7 Å². The van der Waals surface area contributed by atoms with Crippen molar-refractivity contribution in [2.24, 2.45) is 5.92 Å². The van der Waals surface area contributed by atoms with Crippen LogP contribution in [0.1, 0.15) is 34.1 Å². The summed E-state index contributed by atoms with van der Waals surface area (Å²) in [5.74, 6) is 0.560. The normalized spacial score (nSPS) is 19.5. The van der Waals surface area contributed by atoms with E-state index in [1.807, 2.05) is 12.2 Å². The van der Waals surface area contributed by atoms with Gasteiger partial charge in [0.05, 0.1) is 0 Å². The Labute approximate surface area is 137 Å². The topological polar surface area (TPSA) is 0 Å². The predicted octanol–water partition coefficient (Wildman–Crippen LogP) is -1.97. The minimum atomic E-state index is 0. The van der Waals surface area contributed by atoms with Gasteiger partial charge in [-0.3, -0.25) is 12.2 Å². The van der Waals surface area contributed by atoms with Crippen molar-refractivity contribution in [3.05, 3.63) is 47.1 Å². The summed E-state index contributed by atoms with van der Waals surface area (Å²) in [5.41, 5.74) is 4.25. The van der Waals surface area contributed by atoms with Gasteiger partial charge in [-0.15, -0.1) is 13.3 Å². The Hall–Kier alpha value is 0.410. The third kappa shape index (κ3) is 7.43. The molecule has 2 aliphatic rings. The molecule has 0 nitrogen and oxygen atoms in total. The fraction of sp³-hybridized carbons (Fsp3) is 0.429. The first-order valence-corrected chi connectivity index (χ1v) is 5.12. The second-order valence-corrected chi connectivity index (χ2v) is 3.80. The summed E-state index contributed by atoms with van der Waals surface area (Å²) in [7, 11) is 0. The number of hydrogen-bond donors (Lipinski definition) is 0. The van der Waals surface area contributed by atoms with Crippen molar-refractivity contribution in [1.29, 1.82) is 0 Å². The maximum atomic E-state index is 3.36. The van der Waals surface area contributed by atoms with Crippen molar-refractivity contribution >= 4 is 0 Å². The number of rotatable bonds is 0. The van der Waals surface area contributed by atoms with Crippen LogP contribution < -0.4 is 24.8 Å². The molecule has 0 N–H and O–H groups in total. The molecule has 0 bridgehead atoms. The van der Waals surface area contributed by atoms with Gasteiger partial charge in [-0.05, 0) is 0 Å². The molecule has 2 aliphatic carbocycles. The molecule has 0 aromatic heterocycles. The molecule has 1 atom stereocenters. The van der Waals surface area contributed by atoms with Crippen LogP contribution in [-0.4, -0.2) is 0 Å². The summed E-state index contributed by atoms with van der Waals surface area (Å²) in [6, 6.07) is 0.